The molecule has 0 saturated heterocycles. The van der Waals surface area contributed by atoms with Crippen LogP contribution in [0.2, 0.25) is 0 Å². The Morgan fingerprint density at radius 2 is 2.20 bits per heavy atom. The van der Waals surface area contributed by atoms with Gasteiger partial charge >= 0.3 is 0 Å². The number of nitriles is 1. The van der Waals surface area contributed by atoms with Crippen LogP contribution < -0.4 is 4.72 Å². The predicted octanol–water partition coefficient (Wildman–Crippen LogP) is 0.640. The maximum atomic E-state index is 11.6. The van der Waals surface area contributed by atoms with Gasteiger partial charge in [0, 0.05) is 12.2 Å². The van der Waals surface area contributed by atoms with Gasteiger partial charge in [0.2, 0.25) is 0 Å². The van der Waals surface area contributed by atoms with Gasteiger partial charge in [-0.3, -0.25) is 0 Å². The SMILES string of the molecule is CC(C)NS(=O)(=O)c1cc(C#N)ccn1. The fourth-order valence-electron chi connectivity index (χ4n) is 0.997. The minimum absolute atomic E-state index is 0.129. The van der Waals surface area contributed by atoms with Crippen molar-refractivity contribution in [2.75, 3.05) is 0 Å². The Balaban J connectivity index is 3.11. The lowest BCUT2D eigenvalue weighted by atomic mass is 10.3. The molecular weight excluding hydrogens is 214 g/mol. The summed E-state index contributed by atoms with van der Waals surface area (Å²) in [6, 6.07) is 4.35. The van der Waals surface area contributed by atoms with E-state index in [2.05, 4.69) is 9.71 Å². The lowest BCUT2D eigenvalue weighted by molar-refractivity contribution is 0.566. The van der Waals surface area contributed by atoms with Gasteiger partial charge in [0.25, 0.3) is 10.0 Å². The molecule has 0 bridgehead atoms. The largest absolute Gasteiger partial charge is 0.258 e. The third-order valence-corrected chi connectivity index (χ3v) is 3.09. The zero-order valence-corrected chi connectivity index (χ0v) is 9.25. The molecular formula is C9H11N3O2S. The van der Waals surface area contributed by atoms with Crippen LogP contribution in [0, 0.1) is 11.3 Å². The van der Waals surface area contributed by atoms with Crippen molar-refractivity contribution in [2.24, 2.45) is 0 Å². The highest BCUT2D eigenvalue weighted by molar-refractivity contribution is 7.89. The molecule has 0 atom stereocenters. The monoisotopic (exact) mass is 225 g/mol. The fourth-order valence-corrected chi connectivity index (χ4v) is 2.22. The molecule has 0 aliphatic carbocycles. The van der Waals surface area contributed by atoms with Crippen LogP contribution in [0.1, 0.15) is 19.4 Å². The highest BCUT2D eigenvalue weighted by Crippen LogP contribution is 2.07. The van der Waals surface area contributed by atoms with Crippen molar-refractivity contribution in [2.45, 2.75) is 24.9 Å². The standard InChI is InChI=1S/C9H11N3O2S/c1-7(2)12-15(13,14)9-5-8(6-10)3-4-11-9/h3-5,7,12H,1-2H3. The molecule has 0 spiro atoms. The predicted molar refractivity (Wildman–Crippen MR) is 54.4 cm³/mol. The molecule has 0 aromatic carbocycles. The molecule has 0 unspecified atom stereocenters. The van der Waals surface area contributed by atoms with E-state index in [1.807, 2.05) is 6.07 Å². The topological polar surface area (TPSA) is 82.9 Å². The van der Waals surface area contributed by atoms with Gasteiger partial charge < -0.3 is 0 Å². The second-order valence-electron chi connectivity index (χ2n) is 3.27. The Hall–Kier alpha value is -1.45. The van der Waals surface area contributed by atoms with E-state index in [1.165, 1.54) is 18.3 Å². The zero-order chi connectivity index (χ0) is 11.5. The average molecular weight is 225 g/mol. The van der Waals surface area contributed by atoms with Crippen molar-refractivity contribution >= 4 is 10.0 Å². The van der Waals surface area contributed by atoms with E-state index in [0.717, 1.165) is 0 Å². The van der Waals surface area contributed by atoms with E-state index < -0.39 is 10.0 Å². The maximum absolute atomic E-state index is 11.6. The summed E-state index contributed by atoms with van der Waals surface area (Å²) in [5.74, 6) is 0. The van der Waals surface area contributed by atoms with Crippen LogP contribution in [0.5, 0.6) is 0 Å². The van der Waals surface area contributed by atoms with Crippen LogP contribution >= 0.6 is 0 Å². The van der Waals surface area contributed by atoms with Crippen LogP contribution in [0.3, 0.4) is 0 Å². The highest BCUT2D eigenvalue weighted by Gasteiger charge is 2.16. The van der Waals surface area contributed by atoms with Crippen molar-refractivity contribution in [3.8, 4) is 6.07 Å². The molecule has 1 N–H and O–H groups in total. The lowest BCUT2D eigenvalue weighted by Gasteiger charge is -2.08. The molecule has 15 heavy (non-hydrogen) atoms. The average Bonchev–Trinajstić information content (AvgIpc) is 2.16. The molecule has 1 aromatic heterocycles. The summed E-state index contributed by atoms with van der Waals surface area (Å²) < 4.78 is 25.6. The van der Waals surface area contributed by atoms with E-state index in [1.54, 1.807) is 13.8 Å². The summed E-state index contributed by atoms with van der Waals surface area (Å²) in [6.45, 7) is 3.43. The number of hydrogen-bond acceptors (Lipinski definition) is 4. The van der Waals surface area contributed by atoms with Gasteiger partial charge in [0.15, 0.2) is 5.03 Å². The number of aromatic nitrogens is 1. The van der Waals surface area contributed by atoms with Crippen LogP contribution in [0.4, 0.5) is 0 Å². The Bertz CT molecular complexity index is 488. The van der Waals surface area contributed by atoms with Crippen LogP contribution in [0.25, 0.3) is 0 Å². The Morgan fingerprint density at radius 3 is 2.73 bits per heavy atom. The van der Waals surface area contributed by atoms with Gasteiger partial charge in [0.05, 0.1) is 11.6 Å². The number of hydrogen-bond donors (Lipinski definition) is 1. The Labute approximate surface area is 88.8 Å². The number of rotatable bonds is 3. The van der Waals surface area contributed by atoms with E-state index in [9.17, 15) is 8.42 Å². The van der Waals surface area contributed by atoms with Gasteiger partial charge in [0.1, 0.15) is 0 Å². The molecule has 0 fully saturated rings. The third-order valence-electron chi connectivity index (χ3n) is 1.53. The maximum Gasteiger partial charge on any atom is 0.258 e. The summed E-state index contributed by atoms with van der Waals surface area (Å²) in [4.78, 5) is 3.71. The minimum Gasteiger partial charge on any atom is -0.243 e. The summed E-state index contributed by atoms with van der Waals surface area (Å²) in [5.41, 5.74) is 0.272. The zero-order valence-electron chi connectivity index (χ0n) is 8.43. The summed E-state index contributed by atoms with van der Waals surface area (Å²) >= 11 is 0. The van der Waals surface area contributed by atoms with E-state index >= 15 is 0 Å². The van der Waals surface area contributed by atoms with Crippen LogP contribution in [-0.4, -0.2) is 19.4 Å². The van der Waals surface area contributed by atoms with E-state index in [0.29, 0.717) is 0 Å². The molecule has 1 rings (SSSR count). The van der Waals surface area contributed by atoms with Crippen LogP contribution in [0.15, 0.2) is 23.4 Å². The second kappa shape index (κ2) is 4.38. The molecule has 0 radical (unpaired) electrons. The molecule has 1 aromatic rings. The first kappa shape index (κ1) is 11.6. The third kappa shape index (κ3) is 3.01. The first-order valence-corrected chi connectivity index (χ1v) is 5.82. The number of pyridine rings is 1. The summed E-state index contributed by atoms with van der Waals surface area (Å²) in [7, 11) is -3.60. The minimum atomic E-state index is -3.60. The molecule has 6 heteroatoms. The summed E-state index contributed by atoms with van der Waals surface area (Å²) in [5, 5.41) is 8.49. The quantitative estimate of drug-likeness (QED) is 0.818. The first-order valence-electron chi connectivity index (χ1n) is 4.34. The molecule has 1 heterocycles. The van der Waals surface area contributed by atoms with Gasteiger partial charge in [-0.05, 0) is 26.0 Å². The molecule has 0 saturated carbocycles. The van der Waals surface area contributed by atoms with Gasteiger partial charge in [-0.2, -0.15) is 5.26 Å². The molecule has 0 aliphatic rings. The molecule has 5 nitrogen and oxygen atoms in total. The Kier molecular flexibility index (Phi) is 3.39. The molecule has 0 aliphatic heterocycles. The van der Waals surface area contributed by atoms with Gasteiger partial charge in [-0.1, -0.05) is 0 Å². The molecule has 0 amide bonds. The first-order chi connectivity index (χ1) is 6.95. The smallest absolute Gasteiger partial charge is 0.243 e. The summed E-state index contributed by atoms with van der Waals surface area (Å²) in [6.07, 6.45) is 1.30. The number of sulfonamides is 1. The normalized spacial score (nSPS) is 11.3. The van der Waals surface area contributed by atoms with Crippen molar-refractivity contribution in [1.29, 1.82) is 5.26 Å². The van der Waals surface area contributed by atoms with Crippen molar-refractivity contribution in [1.82, 2.24) is 9.71 Å². The molecule has 80 valence electrons. The second-order valence-corrected chi connectivity index (χ2v) is 4.93. The van der Waals surface area contributed by atoms with Crippen LogP contribution in [-0.2, 0) is 10.0 Å². The number of nitrogens with one attached hydrogen (secondary N) is 1. The van der Waals surface area contributed by atoms with Crippen molar-refractivity contribution < 1.29 is 8.42 Å². The highest BCUT2D eigenvalue weighted by atomic mass is 32.2. The lowest BCUT2D eigenvalue weighted by Crippen LogP contribution is -2.30. The van der Waals surface area contributed by atoms with Gasteiger partial charge in [-0.15, -0.1) is 0 Å². The number of nitrogens with zero attached hydrogens (tertiary/aromatic N) is 2. The fraction of sp³-hybridized carbons (Fsp3) is 0.333. The van der Waals surface area contributed by atoms with Crippen molar-refractivity contribution in [3.63, 3.8) is 0 Å². The van der Waals surface area contributed by atoms with Gasteiger partial charge in [-0.25, -0.2) is 18.1 Å². The van der Waals surface area contributed by atoms with E-state index in [4.69, 9.17) is 5.26 Å². The van der Waals surface area contributed by atoms with Crippen molar-refractivity contribution in [3.05, 3.63) is 23.9 Å². The van der Waals surface area contributed by atoms with E-state index in [-0.39, 0.29) is 16.6 Å². The Morgan fingerprint density at radius 1 is 1.53 bits per heavy atom.